The van der Waals surface area contributed by atoms with Gasteiger partial charge in [0.25, 0.3) is 0 Å². The minimum atomic E-state index is -0.340. The molecule has 0 aliphatic heterocycles. The van der Waals surface area contributed by atoms with Crippen molar-refractivity contribution in [3.63, 3.8) is 0 Å². The molecule has 0 aliphatic rings. The summed E-state index contributed by atoms with van der Waals surface area (Å²) in [5, 5.41) is 5.77. The molecule has 2 amide bonds. The first-order valence-electron chi connectivity index (χ1n) is 8.51. The van der Waals surface area contributed by atoms with Gasteiger partial charge in [-0.3, -0.25) is 9.59 Å². The fourth-order valence-electron chi connectivity index (χ4n) is 2.62. The highest BCUT2D eigenvalue weighted by molar-refractivity contribution is 9.10. The van der Waals surface area contributed by atoms with Crippen LogP contribution in [0.5, 0.6) is 0 Å². The van der Waals surface area contributed by atoms with Gasteiger partial charge in [0.2, 0.25) is 11.8 Å². The summed E-state index contributed by atoms with van der Waals surface area (Å²) < 4.78 is 0.955. The van der Waals surface area contributed by atoms with Crippen molar-refractivity contribution in [1.82, 2.24) is 10.6 Å². The summed E-state index contributed by atoms with van der Waals surface area (Å²) in [7, 11) is 1.99. The Labute approximate surface area is 162 Å². The third kappa shape index (κ3) is 6.52. The van der Waals surface area contributed by atoms with Gasteiger partial charge in [-0.15, -0.1) is 0 Å². The SMILES string of the molecule is CC(=O)NC(CC(=O)NCCN(C)c1ccccc1)c1ccc(Br)cc1. The second-order valence-electron chi connectivity index (χ2n) is 6.12. The summed E-state index contributed by atoms with van der Waals surface area (Å²) in [6.45, 7) is 2.70. The van der Waals surface area contributed by atoms with E-state index in [0.29, 0.717) is 13.1 Å². The molecule has 0 spiro atoms. The van der Waals surface area contributed by atoms with Crippen molar-refractivity contribution < 1.29 is 9.59 Å². The summed E-state index contributed by atoms with van der Waals surface area (Å²) in [6.07, 6.45) is 0.205. The topological polar surface area (TPSA) is 61.4 Å². The van der Waals surface area contributed by atoms with E-state index in [2.05, 4.69) is 31.5 Å². The first-order chi connectivity index (χ1) is 12.5. The van der Waals surface area contributed by atoms with Crippen LogP contribution in [0, 0.1) is 0 Å². The first kappa shape index (κ1) is 20.0. The molecule has 0 aromatic heterocycles. The summed E-state index contributed by atoms with van der Waals surface area (Å²) in [5.74, 6) is -0.248. The van der Waals surface area contributed by atoms with Crippen LogP contribution in [-0.4, -0.2) is 32.0 Å². The van der Waals surface area contributed by atoms with Crippen LogP contribution in [0.3, 0.4) is 0 Å². The largest absolute Gasteiger partial charge is 0.373 e. The van der Waals surface area contributed by atoms with Gasteiger partial charge in [-0.05, 0) is 29.8 Å². The highest BCUT2D eigenvalue weighted by atomic mass is 79.9. The van der Waals surface area contributed by atoms with Crippen LogP contribution in [0.2, 0.25) is 0 Å². The van der Waals surface area contributed by atoms with Crippen molar-refractivity contribution in [2.24, 2.45) is 0 Å². The van der Waals surface area contributed by atoms with Crippen molar-refractivity contribution in [1.29, 1.82) is 0 Å². The number of para-hydroxylation sites is 1. The van der Waals surface area contributed by atoms with Crippen molar-refractivity contribution >= 4 is 33.4 Å². The molecule has 2 aromatic rings. The fourth-order valence-corrected chi connectivity index (χ4v) is 2.89. The van der Waals surface area contributed by atoms with E-state index in [4.69, 9.17) is 0 Å². The van der Waals surface area contributed by atoms with Crippen LogP contribution in [0.1, 0.15) is 24.9 Å². The average molecular weight is 418 g/mol. The van der Waals surface area contributed by atoms with Crippen molar-refractivity contribution in [2.75, 3.05) is 25.0 Å². The maximum atomic E-state index is 12.3. The van der Waals surface area contributed by atoms with Crippen LogP contribution in [-0.2, 0) is 9.59 Å². The molecule has 0 bridgehead atoms. The van der Waals surface area contributed by atoms with Gasteiger partial charge in [0.1, 0.15) is 0 Å². The van der Waals surface area contributed by atoms with Crippen LogP contribution >= 0.6 is 15.9 Å². The Morgan fingerprint density at radius 1 is 1.08 bits per heavy atom. The number of nitrogens with zero attached hydrogens (tertiary/aromatic N) is 1. The summed E-state index contributed by atoms with van der Waals surface area (Å²) in [6, 6.07) is 17.3. The van der Waals surface area contributed by atoms with Gasteiger partial charge in [-0.25, -0.2) is 0 Å². The lowest BCUT2D eigenvalue weighted by Gasteiger charge is -2.21. The Kier molecular flexibility index (Phi) is 7.66. The zero-order chi connectivity index (χ0) is 18.9. The fraction of sp³-hybridized carbons (Fsp3) is 0.300. The van der Waals surface area contributed by atoms with Crippen LogP contribution in [0.25, 0.3) is 0 Å². The quantitative estimate of drug-likeness (QED) is 0.692. The van der Waals surface area contributed by atoms with E-state index in [1.54, 1.807) is 0 Å². The summed E-state index contributed by atoms with van der Waals surface area (Å²) >= 11 is 3.39. The van der Waals surface area contributed by atoms with Gasteiger partial charge in [0.05, 0.1) is 12.5 Å². The maximum Gasteiger partial charge on any atom is 0.222 e. The lowest BCUT2D eigenvalue weighted by molar-refractivity contribution is -0.122. The highest BCUT2D eigenvalue weighted by Gasteiger charge is 2.17. The molecular weight excluding hydrogens is 394 g/mol. The molecule has 0 fully saturated rings. The number of carbonyl (C=O) groups is 2. The zero-order valence-corrected chi connectivity index (χ0v) is 16.6. The molecule has 2 aromatic carbocycles. The number of carbonyl (C=O) groups excluding carboxylic acids is 2. The third-order valence-electron chi connectivity index (χ3n) is 4.01. The molecule has 5 nitrogen and oxygen atoms in total. The third-order valence-corrected chi connectivity index (χ3v) is 4.53. The Balaban J connectivity index is 1.86. The van der Waals surface area contributed by atoms with E-state index in [1.165, 1.54) is 6.92 Å². The summed E-state index contributed by atoms with van der Waals surface area (Å²) in [4.78, 5) is 25.9. The number of benzene rings is 2. The maximum absolute atomic E-state index is 12.3. The smallest absolute Gasteiger partial charge is 0.222 e. The van der Waals surface area contributed by atoms with E-state index in [9.17, 15) is 9.59 Å². The molecule has 6 heteroatoms. The Morgan fingerprint density at radius 2 is 1.73 bits per heavy atom. The van der Waals surface area contributed by atoms with E-state index in [-0.39, 0.29) is 24.3 Å². The molecule has 1 atom stereocenters. The van der Waals surface area contributed by atoms with E-state index in [1.807, 2.05) is 61.6 Å². The number of hydrogen-bond donors (Lipinski definition) is 2. The van der Waals surface area contributed by atoms with Gasteiger partial charge in [-0.1, -0.05) is 46.3 Å². The van der Waals surface area contributed by atoms with Crippen LogP contribution in [0.4, 0.5) is 5.69 Å². The number of hydrogen-bond acceptors (Lipinski definition) is 3. The molecule has 0 saturated carbocycles. The zero-order valence-electron chi connectivity index (χ0n) is 15.0. The Bertz CT molecular complexity index is 720. The number of amides is 2. The van der Waals surface area contributed by atoms with Crippen LogP contribution in [0.15, 0.2) is 59.1 Å². The molecule has 0 heterocycles. The van der Waals surface area contributed by atoms with Crippen molar-refractivity contribution in [3.05, 3.63) is 64.6 Å². The Morgan fingerprint density at radius 3 is 2.35 bits per heavy atom. The summed E-state index contributed by atoms with van der Waals surface area (Å²) in [5.41, 5.74) is 2.01. The highest BCUT2D eigenvalue weighted by Crippen LogP contribution is 2.19. The molecule has 0 aliphatic carbocycles. The molecule has 2 rings (SSSR count). The second kappa shape index (κ2) is 9.97. The number of halogens is 1. The number of nitrogens with one attached hydrogen (secondary N) is 2. The monoisotopic (exact) mass is 417 g/mol. The van der Waals surface area contributed by atoms with Gasteiger partial charge in [0.15, 0.2) is 0 Å². The molecule has 0 radical (unpaired) electrons. The predicted octanol–water partition coefficient (Wildman–Crippen LogP) is 3.27. The molecule has 1 unspecified atom stereocenters. The van der Waals surface area contributed by atoms with Crippen molar-refractivity contribution in [3.8, 4) is 0 Å². The van der Waals surface area contributed by atoms with Gasteiger partial charge in [0, 0.05) is 37.2 Å². The predicted molar refractivity (Wildman–Crippen MR) is 108 cm³/mol. The molecular formula is C20H24BrN3O2. The normalized spacial score (nSPS) is 11.5. The average Bonchev–Trinajstić information content (AvgIpc) is 2.62. The van der Waals surface area contributed by atoms with E-state index in [0.717, 1.165) is 15.7 Å². The number of rotatable bonds is 8. The minimum absolute atomic E-state index is 0.0897. The van der Waals surface area contributed by atoms with Gasteiger partial charge >= 0.3 is 0 Å². The van der Waals surface area contributed by atoms with Crippen molar-refractivity contribution in [2.45, 2.75) is 19.4 Å². The van der Waals surface area contributed by atoms with E-state index >= 15 is 0 Å². The molecule has 2 N–H and O–H groups in total. The van der Waals surface area contributed by atoms with Gasteiger partial charge in [-0.2, -0.15) is 0 Å². The van der Waals surface area contributed by atoms with Crippen LogP contribution < -0.4 is 15.5 Å². The minimum Gasteiger partial charge on any atom is -0.373 e. The molecule has 0 saturated heterocycles. The van der Waals surface area contributed by atoms with E-state index < -0.39 is 0 Å². The van der Waals surface area contributed by atoms with Gasteiger partial charge < -0.3 is 15.5 Å². The number of anilines is 1. The molecule has 26 heavy (non-hydrogen) atoms. The first-order valence-corrected chi connectivity index (χ1v) is 9.30. The lowest BCUT2D eigenvalue weighted by atomic mass is 10.0. The number of likely N-dealkylation sites (N-methyl/N-ethyl adjacent to an activating group) is 1. The second-order valence-corrected chi connectivity index (χ2v) is 7.03. The lowest BCUT2D eigenvalue weighted by Crippen LogP contribution is -2.36. The molecule has 138 valence electrons. The Hall–Kier alpha value is -2.34. The standard InChI is InChI=1S/C20H24BrN3O2/c1-15(25)23-19(16-8-10-17(21)11-9-16)14-20(26)22-12-13-24(2)18-6-4-3-5-7-18/h3-11,19H,12-14H2,1-2H3,(H,22,26)(H,23,25).